The van der Waals surface area contributed by atoms with E-state index in [4.69, 9.17) is 4.52 Å². The Balaban J connectivity index is 1.82. The second-order valence-electron chi connectivity index (χ2n) is 5.09. The third-order valence-electron chi connectivity index (χ3n) is 3.42. The minimum Gasteiger partial charge on any atom is -0.339 e. The maximum atomic E-state index is 12.7. The molecule has 0 aliphatic rings. The fourth-order valence-corrected chi connectivity index (χ4v) is 2.25. The van der Waals surface area contributed by atoms with Crippen molar-refractivity contribution in [1.29, 1.82) is 0 Å². The van der Waals surface area contributed by atoms with Crippen LogP contribution in [0.15, 0.2) is 47.2 Å². The van der Waals surface area contributed by atoms with Gasteiger partial charge in [0.05, 0.1) is 17.8 Å². The van der Waals surface area contributed by atoms with Crippen LogP contribution in [0.5, 0.6) is 0 Å². The zero-order chi connectivity index (χ0) is 16.2. The Labute approximate surface area is 133 Å². The van der Waals surface area contributed by atoms with Crippen molar-refractivity contribution in [1.82, 2.24) is 24.8 Å². The van der Waals surface area contributed by atoms with Gasteiger partial charge in [0, 0.05) is 25.9 Å². The van der Waals surface area contributed by atoms with Crippen molar-refractivity contribution in [2.75, 3.05) is 7.05 Å². The second kappa shape index (κ2) is 6.43. The molecule has 0 atom stereocenters. The first-order valence-electron chi connectivity index (χ1n) is 7.35. The predicted octanol–water partition coefficient (Wildman–Crippen LogP) is 2.09. The summed E-state index contributed by atoms with van der Waals surface area (Å²) in [7, 11) is 1.71. The highest BCUT2D eigenvalue weighted by atomic mass is 16.5. The van der Waals surface area contributed by atoms with E-state index >= 15 is 0 Å². The summed E-state index contributed by atoms with van der Waals surface area (Å²) in [6, 6.07) is 9.16. The van der Waals surface area contributed by atoms with Crippen LogP contribution in [-0.2, 0) is 13.0 Å². The molecule has 0 unspecified atom stereocenters. The lowest BCUT2D eigenvalue weighted by Crippen LogP contribution is -2.27. The van der Waals surface area contributed by atoms with Gasteiger partial charge in [-0.1, -0.05) is 24.2 Å². The Morgan fingerprint density at radius 3 is 2.83 bits per heavy atom. The summed E-state index contributed by atoms with van der Waals surface area (Å²) >= 11 is 0. The number of hydrogen-bond donors (Lipinski definition) is 0. The lowest BCUT2D eigenvalue weighted by atomic mass is 10.1. The van der Waals surface area contributed by atoms with E-state index in [0.717, 1.165) is 5.69 Å². The molecular formula is C16H17N5O2. The first-order chi connectivity index (χ1) is 11.2. The van der Waals surface area contributed by atoms with Gasteiger partial charge in [-0.2, -0.15) is 10.1 Å². The molecule has 7 heteroatoms. The van der Waals surface area contributed by atoms with Gasteiger partial charge in [0.1, 0.15) is 0 Å². The first-order valence-corrected chi connectivity index (χ1v) is 7.35. The number of nitrogens with zero attached hydrogens (tertiary/aromatic N) is 5. The van der Waals surface area contributed by atoms with E-state index in [1.54, 1.807) is 35.1 Å². The molecule has 0 aliphatic heterocycles. The highest BCUT2D eigenvalue weighted by molar-refractivity contribution is 5.97. The number of hydrogen-bond acceptors (Lipinski definition) is 5. The number of aromatic nitrogens is 4. The molecule has 2 aromatic heterocycles. The molecule has 0 N–H and O–H groups in total. The van der Waals surface area contributed by atoms with Gasteiger partial charge in [0.2, 0.25) is 5.89 Å². The van der Waals surface area contributed by atoms with Crippen LogP contribution in [0.1, 0.15) is 29.0 Å². The van der Waals surface area contributed by atoms with Crippen LogP contribution >= 0.6 is 0 Å². The molecule has 0 bridgehead atoms. The van der Waals surface area contributed by atoms with Crippen LogP contribution in [0.25, 0.3) is 5.69 Å². The number of rotatable bonds is 5. The molecule has 3 rings (SSSR count). The minimum absolute atomic E-state index is 0.126. The quantitative estimate of drug-likeness (QED) is 0.721. The Morgan fingerprint density at radius 2 is 2.13 bits per heavy atom. The van der Waals surface area contributed by atoms with Gasteiger partial charge in [-0.05, 0) is 18.2 Å². The molecule has 0 radical (unpaired) electrons. The second-order valence-corrected chi connectivity index (χ2v) is 5.09. The number of aryl methyl sites for hydroxylation is 1. The molecule has 1 amide bonds. The van der Waals surface area contributed by atoms with Crippen molar-refractivity contribution in [2.24, 2.45) is 0 Å². The van der Waals surface area contributed by atoms with Crippen LogP contribution in [0.2, 0.25) is 0 Å². The molecule has 0 spiro atoms. The molecule has 7 nitrogen and oxygen atoms in total. The number of carbonyl (C=O) groups excluding carboxylic acids is 1. The van der Waals surface area contributed by atoms with Crippen molar-refractivity contribution in [3.8, 4) is 5.69 Å². The molecule has 118 valence electrons. The van der Waals surface area contributed by atoms with Crippen LogP contribution in [0.3, 0.4) is 0 Å². The monoisotopic (exact) mass is 311 g/mol. The Kier molecular flexibility index (Phi) is 4.18. The molecular weight excluding hydrogens is 294 g/mol. The van der Waals surface area contributed by atoms with Crippen molar-refractivity contribution in [3.05, 3.63) is 60.0 Å². The summed E-state index contributed by atoms with van der Waals surface area (Å²) in [5.41, 5.74) is 1.30. The Hall–Kier alpha value is -2.96. The standard InChI is InChI=1S/C16H17N5O2/c1-3-15-18-14(19-23-15)11-20(2)16(22)12-7-4-5-8-13(12)21-10-6-9-17-21/h4-10H,3,11H2,1-2H3. The molecule has 23 heavy (non-hydrogen) atoms. The van der Waals surface area contributed by atoms with Crippen LogP contribution in [0, 0.1) is 0 Å². The number of amides is 1. The summed E-state index contributed by atoms with van der Waals surface area (Å²) in [6.07, 6.45) is 4.15. The van der Waals surface area contributed by atoms with E-state index in [0.29, 0.717) is 23.7 Å². The average Bonchev–Trinajstić information content (AvgIpc) is 3.25. The zero-order valence-electron chi connectivity index (χ0n) is 13.0. The summed E-state index contributed by atoms with van der Waals surface area (Å²) in [6.45, 7) is 2.22. The van der Waals surface area contributed by atoms with Crippen LogP contribution < -0.4 is 0 Å². The number of para-hydroxylation sites is 1. The van der Waals surface area contributed by atoms with E-state index in [1.165, 1.54) is 0 Å². The molecule has 0 saturated carbocycles. The van der Waals surface area contributed by atoms with Crippen LogP contribution in [-0.4, -0.2) is 37.8 Å². The van der Waals surface area contributed by atoms with Crippen molar-refractivity contribution in [2.45, 2.75) is 19.9 Å². The molecule has 0 aliphatic carbocycles. The van der Waals surface area contributed by atoms with Crippen molar-refractivity contribution in [3.63, 3.8) is 0 Å². The van der Waals surface area contributed by atoms with Gasteiger partial charge >= 0.3 is 0 Å². The van der Waals surface area contributed by atoms with E-state index in [2.05, 4.69) is 15.2 Å². The third-order valence-corrected chi connectivity index (χ3v) is 3.42. The topological polar surface area (TPSA) is 77.1 Å². The molecule has 2 heterocycles. The normalized spacial score (nSPS) is 10.7. The van der Waals surface area contributed by atoms with Gasteiger partial charge in [0.25, 0.3) is 5.91 Å². The molecule has 0 saturated heterocycles. The van der Waals surface area contributed by atoms with Gasteiger partial charge in [-0.3, -0.25) is 4.79 Å². The number of carbonyl (C=O) groups is 1. The van der Waals surface area contributed by atoms with E-state index in [9.17, 15) is 4.79 Å². The maximum Gasteiger partial charge on any atom is 0.256 e. The lowest BCUT2D eigenvalue weighted by Gasteiger charge is -2.17. The van der Waals surface area contributed by atoms with Gasteiger partial charge in [-0.25, -0.2) is 4.68 Å². The third kappa shape index (κ3) is 3.13. The number of benzene rings is 1. The molecule has 1 aromatic carbocycles. The zero-order valence-corrected chi connectivity index (χ0v) is 13.0. The Morgan fingerprint density at radius 1 is 1.30 bits per heavy atom. The summed E-state index contributed by atoms with van der Waals surface area (Å²) in [5, 5.41) is 8.07. The minimum atomic E-state index is -0.126. The molecule has 0 fully saturated rings. The first kappa shape index (κ1) is 15.0. The smallest absolute Gasteiger partial charge is 0.256 e. The Bertz CT molecular complexity index is 794. The van der Waals surface area contributed by atoms with Crippen molar-refractivity contribution >= 4 is 5.91 Å². The average molecular weight is 311 g/mol. The van der Waals surface area contributed by atoms with Gasteiger partial charge < -0.3 is 9.42 Å². The largest absolute Gasteiger partial charge is 0.339 e. The molecule has 3 aromatic rings. The lowest BCUT2D eigenvalue weighted by molar-refractivity contribution is 0.0780. The SMILES string of the molecule is CCc1nc(CN(C)C(=O)c2ccccc2-n2cccn2)no1. The maximum absolute atomic E-state index is 12.7. The van der Waals surface area contributed by atoms with E-state index < -0.39 is 0 Å². The highest BCUT2D eigenvalue weighted by Crippen LogP contribution is 2.16. The van der Waals surface area contributed by atoms with E-state index in [1.807, 2.05) is 31.2 Å². The van der Waals surface area contributed by atoms with Gasteiger partial charge in [-0.15, -0.1) is 0 Å². The summed E-state index contributed by atoms with van der Waals surface area (Å²) < 4.78 is 6.74. The summed E-state index contributed by atoms with van der Waals surface area (Å²) in [5.74, 6) is 0.936. The highest BCUT2D eigenvalue weighted by Gasteiger charge is 2.18. The van der Waals surface area contributed by atoms with Crippen LogP contribution in [0.4, 0.5) is 0 Å². The predicted molar refractivity (Wildman–Crippen MR) is 83.0 cm³/mol. The van der Waals surface area contributed by atoms with Gasteiger partial charge in [0.15, 0.2) is 5.82 Å². The van der Waals surface area contributed by atoms with Crippen molar-refractivity contribution < 1.29 is 9.32 Å². The fraction of sp³-hybridized carbons (Fsp3) is 0.250. The van der Waals surface area contributed by atoms with E-state index in [-0.39, 0.29) is 12.5 Å². The summed E-state index contributed by atoms with van der Waals surface area (Å²) in [4.78, 5) is 18.5. The fourth-order valence-electron chi connectivity index (χ4n) is 2.25.